The SMILES string of the molecule is CC1CC(C)Oc2cccc(P(c3ccccc3)c3ccccc3)c2-c2c(cccc2OC2CCCCC2)O1. The zero-order valence-corrected chi connectivity index (χ0v) is 23.8. The van der Waals surface area contributed by atoms with E-state index < -0.39 is 7.92 Å². The third kappa shape index (κ3) is 5.70. The number of hydrogen-bond donors (Lipinski definition) is 0. The summed E-state index contributed by atoms with van der Waals surface area (Å²) in [7, 11) is -0.863. The Labute approximate surface area is 233 Å². The lowest BCUT2D eigenvalue weighted by atomic mass is 9.97. The number of benzene rings is 4. The second-order valence-corrected chi connectivity index (χ2v) is 12.9. The first-order valence-corrected chi connectivity index (χ1v) is 15.7. The van der Waals surface area contributed by atoms with Gasteiger partial charge in [0.05, 0.1) is 23.9 Å². The van der Waals surface area contributed by atoms with Crippen molar-refractivity contribution < 1.29 is 14.2 Å². The Morgan fingerprint density at radius 2 is 1.18 bits per heavy atom. The summed E-state index contributed by atoms with van der Waals surface area (Å²) in [6.45, 7) is 4.28. The quantitative estimate of drug-likeness (QED) is 0.244. The van der Waals surface area contributed by atoms with Crippen LogP contribution in [0.4, 0.5) is 0 Å². The number of fused-ring (bicyclic) bond motifs is 3. The van der Waals surface area contributed by atoms with E-state index >= 15 is 0 Å². The zero-order valence-electron chi connectivity index (χ0n) is 22.9. The molecule has 0 amide bonds. The first-order valence-electron chi connectivity index (χ1n) is 14.3. The molecule has 1 heterocycles. The van der Waals surface area contributed by atoms with Gasteiger partial charge in [0.2, 0.25) is 0 Å². The zero-order chi connectivity index (χ0) is 26.6. The number of ether oxygens (including phenoxy) is 3. The molecular formula is C35H37O3P. The first kappa shape index (κ1) is 26.0. The Balaban J connectivity index is 1.60. The van der Waals surface area contributed by atoms with Gasteiger partial charge in [0, 0.05) is 12.0 Å². The van der Waals surface area contributed by atoms with Crippen LogP contribution in [0.3, 0.4) is 0 Å². The molecule has 2 atom stereocenters. The van der Waals surface area contributed by atoms with E-state index in [1.807, 2.05) is 0 Å². The maximum atomic E-state index is 6.83. The average Bonchev–Trinajstić information content (AvgIpc) is 3.01. The Kier molecular flexibility index (Phi) is 7.88. The maximum absolute atomic E-state index is 6.83. The molecule has 0 N–H and O–H groups in total. The van der Waals surface area contributed by atoms with Gasteiger partial charge < -0.3 is 14.2 Å². The second-order valence-electron chi connectivity index (χ2n) is 10.8. The fourth-order valence-electron chi connectivity index (χ4n) is 5.95. The third-order valence-corrected chi connectivity index (χ3v) is 10.2. The summed E-state index contributed by atoms with van der Waals surface area (Å²) in [5.74, 6) is 2.67. The van der Waals surface area contributed by atoms with E-state index in [0.717, 1.165) is 47.6 Å². The van der Waals surface area contributed by atoms with Gasteiger partial charge >= 0.3 is 0 Å². The second kappa shape index (κ2) is 11.8. The highest BCUT2D eigenvalue weighted by Crippen LogP contribution is 2.48. The molecule has 4 aromatic rings. The summed E-state index contributed by atoms with van der Waals surface area (Å²) >= 11 is 0. The molecular weight excluding hydrogens is 499 g/mol. The van der Waals surface area contributed by atoms with Crippen molar-refractivity contribution >= 4 is 23.8 Å². The van der Waals surface area contributed by atoms with Crippen LogP contribution in [0.1, 0.15) is 52.4 Å². The third-order valence-electron chi connectivity index (χ3n) is 7.68. The van der Waals surface area contributed by atoms with Gasteiger partial charge in [-0.3, -0.25) is 0 Å². The van der Waals surface area contributed by atoms with E-state index in [4.69, 9.17) is 14.2 Å². The molecule has 0 radical (unpaired) electrons. The summed E-state index contributed by atoms with van der Waals surface area (Å²) in [6.07, 6.45) is 7.03. The van der Waals surface area contributed by atoms with Gasteiger partial charge in [0.1, 0.15) is 17.2 Å². The van der Waals surface area contributed by atoms with Crippen molar-refractivity contribution in [3.63, 3.8) is 0 Å². The minimum atomic E-state index is -0.863. The van der Waals surface area contributed by atoms with Crippen molar-refractivity contribution in [2.45, 2.75) is 70.7 Å². The van der Waals surface area contributed by atoms with Gasteiger partial charge in [0.25, 0.3) is 0 Å². The van der Waals surface area contributed by atoms with Crippen LogP contribution in [0.5, 0.6) is 17.2 Å². The van der Waals surface area contributed by atoms with Crippen LogP contribution in [0.2, 0.25) is 0 Å². The van der Waals surface area contributed by atoms with Crippen molar-refractivity contribution in [3.05, 3.63) is 97.1 Å². The van der Waals surface area contributed by atoms with Gasteiger partial charge in [0.15, 0.2) is 0 Å². The molecule has 4 heteroatoms. The van der Waals surface area contributed by atoms with Crippen LogP contribution in [-0.4, -0.2) is 18.3 Å². The predicted octanol–water partition coefficient (Wildman–Crippen LogP) is 7.76. The minimum Gasteiger partial charge on any atom is -0.490 e. The molecule has 1 aliphatic carbocycles. The van der Waals surface area contributed by atoms with E-state index in [1.54, 1.807) is 0 Å². The van der Waals surface area contributed by atoms with E-state index in [1.165, 1.54) is 35.2 Å². The minimum absolute atomic E-state index is 0.0192. The standard InChI is InChI=1S/C35H37O3P/c1-25-24-26(2)37-32-22-13-23-33(39(28-16-8-4-9-17-28)29-18-10-5-11-19-29)35(32)34-30(36-25)20-12-21-31(34)38-27-14-6-3-7-15-27/h4-5,8-13,16-23,25-27H,3,6-7,14-15,24H2,1-2H3. The van der Waals surface area contributed by atoms with Crippen LogP contribution in [0, 0.1) is 0 Å². The van der Waals surface area contributed by atoms with Crippen LogP contribution >= 0.6 is 7.92 Å². The lowest BCUT2D eigenvalue weighted by Crippen LogP contribution is -2.24. The fraction of sp³-hybridized carbons (Fsp3) is 0.314. The van der Waals surface area contributed by atoms with Crippen molar-refractivity contribution in [1.82, 2.24) is 0 Å². The molecule has 0 bridgehead atoms. The van der Waals surface area contributed by atoms with E-state index in [9.17, 15) is 0 Å². The smallest absolute Gasteiger partial charge is 0.131 e. The molecule has 6 rings (SSSR count). The average molecular weight is 537 g/mol. The molecule has 0 aromatic heterocycles. The molecule has 1 saturated carbocycles. The van der Waals surface area contributed by atoms with Crippen LogP contribution in [-0.2, 0) is 0 Å². The molecule has 3 nitrogen and oxygen atoms in total. The molecule has 200 valence electrons. The Morgan fingerprint density at radius 1 is 0.615 bits per heavy atom. The fourth-order valence-corrected chi connectivity index (χ4v) is 8.43. The van der Waals surface area contributed by atoms with Crippen molar-refractivity contribution in [3.8, 4) is 28.4 Å². The lowest BCUT2D eigenvalue weighted by molar-refractivity contribution is 0.133. The van der Waals surface area contributed by atoms with Gasteiger partial charge in [-0.1, -0.05) is 85.3 Å². The monoisotopic (exact) mass is 536 g/mol. The van der Waals surface area contributed by atoms with Crippen LogP contribution < -0.4 is 30.1 Å². The summed E-state index contributed by atoms with van der Waals surface area (Å²) < 4.78 is 20.2. The van der Waals surface area contributed by atoms with Crippen molar-refractivity contribution in [2.24, 2.45) is 0 Å². The van der Waals surface area contributed by atoms with Crippen LogP contribution in [0.15, 0.2) is 97.1 Å². The molecule has 39 heavy (non-hydrogen) atoms. The molecule has 2 aliphatic rings. The Hall–Kier alpha value is -3.29. The van der Waals surface area contributed by atoms with Crippen molar-refractivity contribution in [1.29, 1.82) is 0 Å². The summed E-state index contributed by atoms with van der Waals surface area (Å²) in [4.78, 5) is 0. The van der Waals surface area contributed by atoms with Gasteiger partial charge in [-0.05, 0) is 81.6 Å². The number of hydrogen-bond acceptors (Lipinski definition) is 3. The van der Waals surface area contributed by atoms with Gasteiger partial charge in [-0.2, -0.15) is 0 Å². The van der Waals surface area contributed by atoms with E-state index in [2.05, 4.69) is 111 Å². The van der Waals surface area contributed by atoms with Gasteiger partial charge in [-0.25, -0.2) is 0 Å². The van der Waals surface area contributed by atoms with Gasteiger partial charge in [-0.15, -0.1) is 0 Å². The predicted molar refractivity (Wildman–Crippen MR) is 163 cm³/mol. The Bertz CT molecular complexity index is 1340. The van der Waals surface area contributed by atoms with E-state index in [0.29, 0.717) is 0 Å². The summed E-state index contributed by atoms with van der Waals surface area (Å²) in [5.41, 5.74) is 2.12. The molecule has 1 fully saturated rings. The molecule has 4 aromatic carbocycles. The lowest BCUT2D eigenvalue weighted by Gasteiger charge is -2.28. The highest BCUT2D eigenvalue weighted by Gasteiger charge is 2.30. The molecule has 0 saturated heterocycles. The van der Waals surface area contributed by atoms with E-state index in [-0.39, 0.29) is 18.3 Å². The summed E-state index contributed by atoms with van der Waals surface area (Å²) in [5, 5.41) is 3.87. The summed E-state index contributed by atoms with van der Waals surface area (Å²) in [6, 6.07) is 34.6. The number of rotatable bonds is 5. The highest BCUT2D eigenvalue weighted by atomic mass is 31.1. The largest absolute Gasteiger partial charge is 0.490 e. The first-order chi connectivity index (χ1) is 19.2. The van der Waals surface area contributed by atoms with Crippen LogP contribution in [0.25, 0.3) is 11.1 Å². The normalized spacial score (nSPS) is 19.5. The molecule has 1 aliphatic heterocycles. The highest BCUT2D eigenvalue weighted by molar-refractivity contribution is 7.80. The Morgan fingerprint density at radius 3 is 1.79 bits per heavy atom. The molecule has 0 spiro atoms. The van der Waals surface area contributed by atoms with Crippen molar-refractivity contribution in [2.75, 3.05) is 0 Å². The maximum Gasteiger partial charge on any atom is 0.131 e. The molecule has 2 unspecified atom stereocenters. The topological polar surface area (TPSA) is 27.7 Å².